The molecule has 2 aliphatic heterocycles. The predicted molar refractivity (Wildman–Crippen MR) is 157 cm³/mol. The van der Waals surface area contributed by atoms with Crippen LogP contribution in [0.25, 0.3) is 0 Å². The van der Waals surface area contributed by atoms with Gasteiger partial charge in [0, 0.05) is 11.8 Å². The largest absolute Gasteiger partial charge is 0.484 e. The van der Waals surface area contributed by atoms with Crippen molar-refractivity contribution in [3.8, 4) is 23.0 Å². The number of para-hydroxylation sites is 1. The average molecular weight is 591 g/mol. The maximum Gasteiger partial charge on any atom is 0.305 e. The Bertz CT molecular complexity index is 1470. The van der Waals surface area contributed by atoms with Gasteiger partial charge in [0.05, 0.1) is 18.2 Å². The van der Waals surface area contributed by atoms with Crippen molar-refractivity contribution in [1.29, 1.82) is 0 Å². The highest BCUT2D eigenvalue weighted by Gasteiger charge is 2.28. The number of amides is 2. The maximum atomic E-state index is 13.3. The molecule has 1 unspecified atom stereocenters. The van der Waals surface area contributed by atoms with Gasteiger partial charge in [-0.15, -0.1) is 0 Å². The topological polar surface area (TPSA) is 156 Å². The second-order valence-corrected chi connectivity index (χ2v) is 10.6. The van der Waals surface area contributed by atoms with Gasteiger partial charge in [-0.05, 0) is 54.3 Å². The average Bonchev–Trinajstić information content (AvgIpc) is 3.61. The van der Waals surface area contributed by atoms with E-state index in [9.17, 15) is 19.5 Å². The number of aliphatic carboxylic acids is 1. The van der Waals surface area contributed by atoms with Gasteiger partial charge in [0.15, 0.2) is 23.9 Å². The molecule has 2 heterocycles. The Morgan fingerprint density at radius 2 is 1.77 bits per heavy atom. The summed E-state index contributed by atoms with van der Waals surface area (Å²) in [6, 6.07) is 18.1. The van der Waals surface area contributed by atoms with Gasteiger partial charge >= 0.3 is 5.97 Å². The first kappa shape index (κ1) is 29.4. The van der Waals surface area contributed by atoms with Gasteiger partial charge in [0.1, 0.15) is 11.8 Å². The standard InChI is InChI=1S/C31H34N4O8/c1-18(2)12-24(30(39)34-23(15-29(37)38)19-8-11-25-27(13-19)42-17-41-25)33-28(36)16-40-21-9-10-22-26(14-21)43-31(35-22)32-20-6-4-3-5-7-20/h3-11,13-14,18,23-24,31-32,35H,12,15-17H2,1-2H3,(H,33,36)(H,34,39)(H,37,38)/t23-,24-,31?/m0/s1. The van der Waals surface area contributed by atoms with Crippen LogP contribution in [0.5, 0.6) is 23.0 Å². The predicted octanol–water partition coefficient (Wildman–Crippen LogP) is 3.86. The van der Waals surface area contributed by atoms with Gasteiger partial charge in [-0.25, -0.2) is 0 Å². The number of hydrogen-bond donors (Lipinski definition) is 5. The van der Waals surface area contributed by atoms with Crippen LogP contribution in [0.2, 0.25) is 0 Å². The summed E-state index contributed by atoms with van der Waals surface area (Å²) in [5.41, 5.74) is 2.22. The zero-order chi connectivity index (χ0) is 30.3. The first-order valence-electron chi connectivity index (χ1n) is 14.0. The van der Waals surface area contributed by atoms with E-state index in [4.69, 9.17) is 18.9 Å². The van der Waals surface area contributed by atoms with Crippen LogP contribution in [0.15, 0.2) is 66.7 Å². The van der Waals surface area contributed by atoms with Crippen molar-refractivity contribution in [3.63, 3.8) is 0 Å². The van der Waals surface area contributed by atoms with E-state index in [1.807, 2.05) is 44.2 Å². The first-order valence-corrected chi connectivity index (χ1v) is 14.0. The normalized spacial score (nSPS) is 15.8. The molecule has 3 aromatic rings. The van der Waals surface area contributed by atoms with E-state index >= 15 is 0 Å². The molecule has 0 aliphatic carbocycles. The number of nitrogens with one attached hydrogen (secondary N) is 4. The SMILES string of the molecule is CC(C)C[C@H](NC(=O)COc1ccc2c(c1)OC(Nc1ccccc1)N2)C(=O)N[C@@H](CC(=O)O)c1ccc2c(c1)OCO2. The van der Waals surface area contributed by atoms with Crippen LogP contribution in [0.1, 0.15) is 38.3 Å². The second kappa shape index (κ2) is 13.2. The minimum Gasteiger partial charge on any atom is -0.484 e. The van der Waals surface area contributed by atoms with Crippen molar-refractivity contribution < 1.29 is 38.4 Å². The molecular formula is C31H34N4O8. The van der Waals surface area contributed by atoms with Crippen molar-refractivity contribution >= 4 is 29.2 Å². The first-order chi connectivity index (χ1) is 20.7. The van der Waals surface area contributed by atoms with Gasteiger partial charge in [0.25, 0.3) is 5.91 Å². The van der Waals surface area contributed by atoms with E-state index in [1.165, 1.54) is 0 Å². The molecule has 3 atom stereocenters. The molecule has 5 rings (SSSR count). The Labute approximate surface area is 248 Å². The van der Waals surface area contributed by atoms with E-state index in [0.717, 1.165) is 11.4 Å². The van der Waals surface area contributed by atoms with Gasteiger partial charge in [0.2, 0.25) is 19.1 Å². The zero-order valence-corrected chi connectivity index (χ0v) is 23.8. The third kappa shape index (κ3) is 7.79. The van der Waals surface area contributed by atoms with E-state index in [-0.39, 0.29) is 25.7 Å². The van der Waals surface area contributed by atoms with Gasteiger partial charge in [-0.2, -0.15) is 0 Å². The van der Waals surface area contributed by atoms with Gasteiger partial charge in [-0.1, -0.05) is 38.1 Å². The van der Waals surface area contributed by atoms with E-state index < -0.39 is 36.2 Å². The quantitative estimate of drug-likeness (QED) is 0.198. The number of rotatable bonds is 13. The molecule has 0 saturated heterocycles. The van der Waals surface area contributed by atoms with Gasteiger partial charge in [-0.3, -0.25) is 14.4 Å². The van der Waals surface area contributed by atoms with Crippen molar-refractivity contribution in [3.05, 3.63) is 72.3 Å². The Morgan fingerprint density at radius 1 is 0.977 bits per heavy atom. The van der Waals surface area contributed by atoms with Crippen LogP contribution < -0.4 is 40.2 Å². The molecule has 43 heavy (non-hydrogen) atoms. The lowest BCUT2D eigenvalue weighted by atomic mass is 10.00. The van der Waals surface area contributed by atoms with Crippen molar-refractivity contribution in [2.45, 2.75) is 45.1 Å². The third-order valence-corrected chi connectivity index (χ3v) is 6.78. The summed E-state index contributed by atoms with van der Waals surface area (Å²) in [6.07, 6.45) is -0.477. The number of carbonyl (C=O) groups excluding carboxylic acids is 2. The summed E-state index contributed by atoms with van der Waals surface area (Å²) in [5.74, 6) is -0.00913. The lowest BCUT2D eigenvalue weighted by Gasteiger charge is -2.24. The number of carbonyl (C=O) groups is 3. The molecule has 12 nitrogen and oxygen atoms in total. The molecule has 3 aromatic carbocycles. The van der Waals surface area contributed by atoms with Crippen LogP contribution in [0, 0.1) is 5.92 Å². The maximum absolute atomic E-state index is 13.3. The minimum absolute atomic E-state index is 0.0687. The lowest BCUT2D eigenvalue weighted by molar-refractivity contribution is -0.138. The van der Waals surface area contributed by atoms with Crippen LogP contribution in [-0.4, -0.2) is 48.7 Å². The summed E-state index contributed by atoms with van der Waals surface area (Å²) in [5, 5.41) is 21.5. The van der Waals surface area contributed by atoms with Crippen molar-refractivity contribution in [2.75, 3.05) is 24.0 Å². The molecule has 0 fully saturated rings. The van der Waals surface area contributed by atoms with Crippen molar-refractivity contribution in [2.24, 2.45) is 5.92 Å². The Balaban J connectivity index is 1.18. The summed E-state index contributed by atoms with van der Waals surface area (Å²) >= 11 is 0. The third-order valence-electron chi connectivity index (χ3n) is 6.78. The molecule has 226 valence electrons. The fourth-order valence-electron chi connectivity index (χ4n) is 4.77. The Kier molecular flexibility index (Phi) is 9.04. The summed E-state index contributed by atoms with van der Waals surface area (Å²) in [4.78, 5) is 37.8. The van der Waals surface area contributed by atoms with Crippen LogP contribution in [0.3, 0.4) is 0 Å². The lowest BCUT2D eigenvalue weighted by Crippen LogP contribution is -2.49. The monoisotopic (exact) mass is 590 g/mol. The van der Waals surface area contributed by atoms with E-state index in [0.29, 0.717) is 35.0 Å². The molecule has 5 N–H and O–H groups in total. The van der Waals surface area contributed by atoms with E-state index in [1.54, 1.807) is 36.4 Å². The van der Waals surface area contributed by atoms with Gasteiger partial charge < -0.3 is 45.3 Å². The summed E-state index contributed by atoms with van der Waals surface area (Å²) < 4.78 is 22.3. The van der Waals surface area contributed by atoms with Crippen LogP contribution >= 0.6 is 0 Å². The summed E-state index contributed by atoms with van der Waals surface area (Å²) in [7, 11) is 0. The van der Waals surface area contributed by atoms with E-state index in [2.05, 4.69) is 21.3 Å². The number of ether oxygens (including phenoxy) is 4. The molecule has 0 saturated carbocycles. The molecule has 0 bridgehead atoms. The number of fused-ring (bicyclic) bond motifs is 2. The molecular weight excluding hydrogens is 556 g/mol. The molecule has 0 radical (unpaired) electrons. The molecule has 2 aliphatic rings. The highest BCUT2D eigenvalue weighted by molar-refractivity contribution is 5.88. The zero-order valence-electron chi connectivity index (χ0n) is 23.8. The second-order valence-electron chi connectivity index (χ2n) is 10.6. The Morgan fingerprint density at radius 3 is 2.53 bits per heavy atom. The highest BCUT2D eigenvalue weighted by atomic mass is 16.7. The van der Waals surface area contributed by atoms with Crippen LogP contribution in [-0.2, 0) is 14.4 Å². The number of anilines is 2. The van der Waals surface area contributed by atoms with Crippen LogP contribution in [0.4, 0.5) is 11.4 Å². The Hall–Kier alpha value is -5.13. The number of carboxylic acids is 1. The summed E-state index contributed by atoms with van der Waals surface area (Å²) in [6.45, 7) is 3.59. The number of hydrogen-bond acceptors (Lipinski definition) is 9. The fraction of sp³-hybridized carbons (Fsp3) is 0.323. The molecule has 0 spiro atoms. The van der Waals surface area contributed by atoms with Crippen molar-refractivity contribution in [1.82, 2.24) is 10.6 Å². The number of benzene rings is 3. The highest BCUT2D eigenvalue weighted by Crippen LogP contribution is 2.36. The molecule has 2 amide bonds. The molecule has 0 aromatic heterocycles. The smallest absolute Gasteiger partial charge is 0.305 e. The fourth-order valence-corrected chi connectivity index (χ4v) is 4.77. The minimum atomic E-state index is -1.09. The molecule has 12 heteroatoms. The number of carboxylic acid groups (broad SMARTS) is 1.